The van der Waals surface area contributed by atoms with Gasteiger partial charge in [0.25, 0.3) is 5.91 Å². The summed E-state index contributed by atoms with van der Waals surface area (Å²) in [6.45, 7) is 1.74. The van der Waals surface area contributed by atoms with Crippen LogP contribution in [0.25, 0.3) is 0 Å². The van der Waals surface area contributed by atoms with Gasteiger partial charge in [0, 0.05) is 7.05 Å². The standard InChI is InChI=1S/C9H11N5O2/c1-5-7(10)8(14(2)13-5)9(15)12-6-3-11-16-4-6/h3-4H,10H2,1-2H3,(H,12,15). The zero-order valence-electron chi connectivity index (χ0n) is 8.89. The number of nitrogens with zero attached hydrogens (tertiary/aromatic N) is 3. The number of nitrogen functional groups attached to an aromatic ring is 1. The zero-order chi connectivity index (χ0) is 11.7. The number of anilines is 2. The highest BCUT2D eigenvalue weighted by Crippen LogP contribution is 2.16. The minimum atomic E-state index is -0.344. The molecule has 7 nitrogen and oxygen atoms in total. The van der Waals surface area contributed by atoms with Crippen molar-refractivity contribution in [1.82, 2.24) is 14.9 Å². The third-order valence-electron chi connectivity index (χ3n) is 2.17. The van der Waals surface area contributed by atoms with Gasteiger partial charge in [0.2, 0.25) is 0 Å². The molecule has 2 heterocycles. The first-order chi connectivity index (χ1) is 7.59. The van der Waals surface area contributed by atoms with Crippen LogP contribution in [0.3, 0.4) is 0 Å². The second-order valence-corrected chi connectivity index (χ2v) is 3.34. The van der Waals surface area contributed by atoms with Crippen LogP contribution >= 0.6 is 0 Å². The van der Waals surface area contributed by atoms with E-state index in [1.807, 2.05) is 0 Å². The number of carbonyl (C=O) groups is 1. The number of rotatable bonds is 2. The fraction of sp³-hybridized carbons (Fsp3) is 0.222. The van der Waals surface area contributed by atoms with Crippen LogP contribution in [0.4, 0.5) is 11.4 Å². The van der Waals surface area contributed by atoms with E-state index in [1.165, 1.54) is 17.1 Å². The molecule has 2 rings (SSSR count). The highest BCUT2D eigenvalue weighted by molar-refractivity contribution is 6.06. The van der Waals surface area contributed by atoms with E-state index in [1.54, 1.807) is 14.0 Å². The van der Waals surface area contributed by atoms with Crippen LogP contribution < -0.4 is 11.1 Å². The first-order valence-corrected chi connectivity index (χ1v) is 4.59. The Labute approximate surface area is 91.2 Å². The monoisotopic (exact) mass is 221 g/mol. The Hall–Kier alpha value is -2.31. The van der Waals surface area contributed by atoms with Crippen molar-refractivity contribution in [3.63, 3.8) is 0 Å². The molecule has 16 heavy (non-hydrogen) atoms. The lowest BCUT2D eigenvalue weighted by atomic mass is 10.3. The Balaban J connectivity index is 2.27. The summed E-state index contributed by atoms with van der Waals surface area (Å²) in [5.41, 5.74) is 7.54. The normalized spacial score (nSPS) is 10.4. The fourth-order valence-electron chi connectivity index (χ4n) is 1.40. The van der Waals surface area contributed by atoms with Crippen LogP contribution in [-0.4, -0.2) is 20.8 Å². The average Bonchev–Trinajstić information content (AvgIpc) is 2.77. The predicted octanol–water partition coefficient (Wildman–Crippen LogP) is 0.551. The van der Waals surface area contributed by atoms with E-state index in [0.29, 0.717) is 22.8 Å². The van der Waals surface area contributed by atoms with Gasteiger partial charge >= 0.3 is 0 Å². The van der Waals surface area contributed by atoms with Crippen molar-refractivity contribution in [2.24, 2.45) is 7.05 Å². The van der Waals surface area contributed by atoms with Crippen LogP contribution in [0.5, 0.6) is 0 Å². The van der Waals surface area contributed by atoms with Gasteiger partial charge in [-0.15, -0.1) is 0 Å². The van der Waals surface area contributed by atoms with Crippen molar-refractivity contribution in [3.05, 3.63) is 23.8 Å². The Bertz CT molecular complexity index is 514. The van der Waals surface area contributed by atoms with E-state index in [0.717, 1.165) is 0 Å². The third kappa shape index (κ3) is 1.62. The molecule has 2 aromatic heterocycles. The molecule has 1 amide bonds. The summed E-state index contributed by atoms with van der Waals surface area (Å²) in [4.78, 5) is 11.8. The molecule has 0 fully saturated rings. The van der Waals surface area contributed by atoms with Crippen molar-refractivity contribution in [2.75, 3.05) is 11.1 Å². The van der Waals surface area contributed by atoms with Crippen molar-refractivity contribution < 1.29 is 9.32 Å². The van der Waals surface area contributed by atoms with Crippen molar-refractivity contribution in [1.29, 1.82) is 0 Å². The Morgan fingerprint density at radius 1 is 1.62 bits per heavy atom. The van der Waals surface area contributed by atoms with Gasteiger partial charge in [-0.3, -0.25) is 9.48 Å². The van der Waals surface area contributed by atoms with Gasteiger partial charge in [0.05, 0.1) is 17.6 Å². The largest absolute Gasteiger partial charge is 0.395 e. The van der Waals surface area contributed by atoms with Gasteiger partial charge in [-0.1, -0.05) is 5.16 Å². The number of carbonyl (C=O) groups excluding carboxylic acids is 1. The maximum Gasteiger partial charge on any atom is 0.276 e. The topological polar surface area (TPSA) is 99.0 Å². The number of aryl methyl sites for hydroxylation is 2. The van der Waals surface area contributed by atoms with E-state index in [9.17, 15) is 4.79 Å². The molecule has 2 aromatic rings. The maximum absolute atomic E-state index is 11.8. The molecular formula is C9H11N5O2. The van der Waals surface area contributed by atoms with Gasteiger partial charge in [-0.05, 0) is 6.92 Å². The van der Waals surface area contributed by atoms with Gasteiger partial charge in [-0.25, -0.2) is 0 Å². The molecule has 0 spiro atoms. The number of aromatic nitrogens is 3. The lowest BCUT2D eigenvalue weighted by Crippen LogP contribution is -2.17. The minimum Gasteiger partial charge on any atom is -0.395 e. The molecule has 0 aliphatic rings. The summed E-state index contributed by atoms with van der Waals surface area (Å²) in [5.74, 6) is -0.344. The molecule has 0 aromatic carbocycles. The molecular weight excluding hydrogens is 210 g/mol. The van der Waals surface area contributed by atoms with E-state index >= 15 is 0 Å². The summed E-state index contributed by atoms with van der Waals surface area (Å²) in [7, 11) is 1.66. The van der Waals surface area contributed by atoms with Crippen LogP contribution in [0.1, 0.15) is 16.2 Å². The average molecular weight is 221 g/mol. The first-order valence-electron chi connectivity index (χ1n) is 4.59. The summed E-state index contributed by atoms with van der Waals surface area (Å²) in [6.07, 6.45) is 2.73. The molecule has 0 atom stereocenters. The van der Waals surface area contributed by atoms with E-state index in [2.05, 4.69) is 20.1 Å². The molecule has 0 aliphatic heterocycles. The molecule has 0 aliphatic carbocycles. The molecule has 0 radical (unpaired) electrons. The smallest absolute Gasteiger partial charge is 0.276 e. The van der Waals surface area contributed by atoms with E-state index in [4.69, 9.17) is 5.73 Å². The highest BCUT2D eigenvalue weighted by Gasteiger charge is 2.18. The summed E-state index contributed by atoms with van der Waals surface area (Å²) in [5, 5.41) is 10.1. The molecule has 3 N–H and O–H groups in total. The SMILES string of the molecule is Cc1nn(C)c(C(=O)Nc2cnoc2)c1N. The molecule has 0 saturated carbocycles. The Morgan fingerprint density at radius 3 is 2.88 bits per heavy atom. The third-order valence-corrected chi connectivity index (χ3v) is 2.17. The molecule has 0 saturated heterocycles. The number of hydrogen-bond donors (Lipinski definition) is 2. The Kier molecular flexibility index (Phi) is 2.35. The number of nitrogens with two attached hydrogens (primary N) is 1. The van der Waals surface area contributed by atoms with Crippen molar-refractivity contribution in [3.8, 4) is 0 Å². The summed E-state index contributed by atoms with van der Waals surface area (Å²) < 4.78 is 6.04. The second-order valence-electron chi connectivity index (χ2n) is 3.34. The summed E-state index contributed by atoms with van der Waals surface area (Å²) in [6, 6.07) is 0. The maximum atomic E-state index is 11.8. The van der Waals surface area contributed by atoms with Gasteiger partial charge < -0.3 is 15.6 Å². The van der Waals surface area contributed by atoms with Crippen molar-refractivity contribution >= 4 is 17.3 Å². The van der Waals surface area contributed by atoms with Gasteiger partial charge in [-0.2, -0.15) is 5.10 Å². The van der Waals surface area contributed by atoms with Gasteiger partial charge in [0.15, 0.2) is 0 Å². The second kappa shape index (κ2) is 3.69. The lowest BCUT2D eigenvalue weighted by Gasteiger charge is -2.02. The quantitative estimate of drug-likeness (QED) is 0.771. The molecule has 0 unspecified atom stereocenters. The zero-order valence-corrected chi connectivity index (χ0v) is 8.89. The van der Waals surface area contributed by atoms with Crippen LogP contribution in [0.15, 0.2) is 17.0 Å². The number of amides is 1. The Morgan fingerprint density at radius 2 is 2.38 bits per heavy atom. The van der Waals surface area contributed by atoms with Crippen LogP contribution in [-0.2, 0) is 7.05 Å². The number of hydrogen-bond acceptors (Lipinski definition) is 5. The fourth-order valence-corrected chi connectivity index (χ4v) is 1.40. The molecule has 0 bridgehead atoms. The molecule has 7 heteroatoms. The van der Waals surface area contributed by atoms with Gasteiger partial charge in [0.1, 0.15) is 17.6 Å². The van der Waals surface area contributed by atoms with E-state index < -0.39 is 0 Å². The predicted molar refractivity (Wildman–Crippen MR) is 56.8 cm³/mol. The summed E-state index contributed by atoms with van der Waals surface area (Å²) >= 11 is 0. The first kappa shape index (κ1) is 10.2. The molecule has 84 valence electrons. The van der Waals surface area contributed by atoms with E-state index in [-0.39, 0.29) is 5.91 Å². The lowest BCUT2D eigenvalue weighted by molar-refractivity contribution is 0.101. The van der Waals surface area contributed by atoms with Crippen LogP contribution in [0, 0.1) is 6.92 Å². The van der Waals surface area contributed by atoms with Crippen LogP contribution in [0.2, 0.25) is 0 Å². The number of nitrogens with one attached hydrogen (secondary N) is 1. The highest BCUT2D eigenvalue weighted by atomic mass is 16.5. The minimum absolute atomic E-state index is 0.318. The van der Waals surface area contributed by atoms with Crippen molar-refractivity contribution in [2.45, 2.75) is 6.92 Å².